The van der Waals surface area contributed by atoms with Crippen molar-refractivity contribution in [2.24, 2.45) is 0 Å². The lowest BCUT2D eigenvalue weighted by atomic mass is 10.2. The molecule has 1 aromatic carbocycles. The van der Waals surface area contributed by atoms with Gasteiger partial charge >= 0.3 is 0 Å². The van der Waals surface area contributed by atoms with Crippen LogP contribution < -0.4 is 21.9 Å². The summed E-state index contributed by atoms with van der Waals surface area (Å²) in [5.41, 5.74) is 12.1. The van der Waals surface area contributed by atoms with Crippen LogP contribution in [0, 0.1) is 0 Å². The molecule has 0 saturated heterocycles. The molecule has 2 aromatic heterocycles. The number of nitrogen functional groups attached to an aromatic ring is 1. The Labute approximate surface area is 151 Å². The summed E-state index contributed by atoms with van der Waals surface area (Å²) < 4.78 is 6.13. The van der Waals surface area contributed by atoms with Crippen molar-refractivity contribution in [1.29, 1.82) is 0 Å². The molecule has 0 radical (unpaired) electrons. The summed E-state index contributed by atoms with van der Waals surface area (Å²) in [5.74, 6) is 1.17. The number of hydrogen-bond donors (Lipinski definition) is 4. The molecular formula is C16H15BrN6O2. The normalized spacial score (nSPS) is 10.3. The zero-order valence-electron chi connectivity index (χ0n) is 13.0. The van der Waals surface area contributed by atoms with Crippen molar-refractivity contribution >= 4 is 39.2 Å². The number of hydrazine groups is 1. The van der Waals surface area contributed by atoms with E-state index in [0.717, 1.165) is 10.2 Å². The third-order valence-corrected chi connectivity index (χ3v) is 3.82. The van der Waals surface area contributed by atoms with Crippen LogP contribution in [0.3, 0.4) is 0 Å². The van der Waals surface area contributed by atoms with Crippen LogP contribution in [0.2, 0.25) is 0 Å². The van der Waals surface area contributed by atoms with Crippen molar-refractivity contribution < 1.29 is 9.21 Å². The first-order chi connectivity index (χ1) is 12.1. The van der Waals surface area contributed by atoms with Gasteiger partial charge in [-0.3, -0.25) is 15.6 Å². The van der Waals surface area contributed by atoms with Crippen LogP contribution in [-0.4, -0.2) is 15.9 Å². The number of carbonyl (C=O) groups excluding carboxylic acids is 1. The SMILES string of the molecule is Nc1c(NCc2ccco2)ncnc1NNC(=O)c1ccc(Br)cc1. The number of nitrogens with one attached hydrogen (secondary N) is 3. The van der Waals surface area contributed by atoms with Gasteiger partial charge in [0.05, 0.1) is 12.8 Å². The van der Waals surface area contributed by atoms with Gasteiger partial charge < -0.3 is 15.5 Å². The zero-order valence-corrected chi connectivity index (χ0v) is 14.6. The van der Waals surface area contributed by atoms with Gasteiger partial charge in [0.1, 0.15) is 17.8 Å². The summed E-state index contributed by atoms with van der Waals surface area (Å²) in [5, 5.41) is 3.05. The molecule has 2 heterocycles. The van der Waals surface area contributed by atoms with Gasteiger partial charge in [-0.1, -0.05) is 15.9 Å². The second kappa shape index (κ2) is 7.67. The molecule has 25 heavy (non-hydrogen) atoms. The van der Waals surface area contributed by atoms with Crippen molar-refractivity contribution in [1.82, 2.24) is 15.4 Å². The van der Waals surface area contributed by atoms with Crippen LogP contribution in [0.5, 0.6) is 0 Å². The second-order valence-electron chi connectivity index (χ2n) is 5.00. The van der Waals surface area contributed by atoms with E-state index in [1.165, 1.54) is 6.33 Å². The number of nitrogens with zero attached hydrogens (tertiary/aromatic N) is 2. The summed E-state index contributed by atoms with van der Waals surface area (Å²) in [6.07, 6.45) is 2.93. The largest absolute Gasteiger partial charge is 0.467 e. The molecule has 0 bridgehead atoms. The fourth-order valence-electron chi connectivity index (χ4n) is 2.01. The quantitative estimate of drug-likeness (QED) is 0.468. The van der Waals surface area contributed by atoms with Gasteiger partial charge in [-0.25, -0.2) is 9.97 Å². The van der Waals surface area contributed by atoms with Crippen molar-refractivity contribution in [2.75, 3.05) is 16.5 Å². The van der Waals surface area contributed by atoms with E-state index in [0.29, 0.717) is 23.7 Å². The lowest BCUT2D eigenvalue weighted by Gasteiger charge is -2.12. The van der Waals surface area contributed by atoms with E-state index in [4.69, 9.17) is 10.2 Å². The standard InChI is InChI=1S/C16H15BrN6O2/c17-11-5-3-10(4-6-11)16(24)23-22-15-13(18)14(20-9-21-15)19-8-12-2-1-7-25-12/h1-7,9H,8,18H2,(H,23,24)(H2,19,20,21,22). The summed E-state index contributed by atoms with van der Waals surface area (Å²) in [6, 6.07) is 10.6. The number of aromatic nitrogens is 2. The number of nitrogens with two attached hydrogens (primary N) is 1. The van der Waals surface area contributed by atoms with Crippen LogP contribution in [-0.2, 0) is 6.54 Å². The number of amides is 1. The summed E-state index contributed by atoms with van der Waals surface area (Å²) in [6.45, 7) is 0.429. The van der Waals surface area contributed by atoms with Gasteiger partial charge in [-0.15, -0.1) is 0 Å². The Balaban J connectivity index is 1.63. The molecular weight excluding hydrogens is 388 g/mol. The Hall–Kier alpha value is -3.07. The molecule has 0 spiro atoms. The van der Waals surface area contributed by atoms with Crippen molar-refractivity contribution in [3.63, 3.8) is 0 Å². The highest BCUT2D eigenvalue weighted by Gasteiger charge is 2.10. The minimum atomic E-state index is -0.310. The fraction of sp³-hybridized carbons (Fsp3) is 0.0625. The highest BCUT2D eigenvalue weighted by molar-refractivity contribution is 9.10. The maximum Gasteiger partial charge on any atom is 0.269 e. The highest BCUT2D eigenvalue weighted by atomic mass is 79.9. The van der Waals surface area contributed by atoms with E-state index in [1.54, 1.807) is 36.6 Å². The first-order valence-electron chi connectivity index (χ1n) is 7.32. The van der Waals surface area contributed by atoms with Crippen molar-refractivity contribution in [3.8, 4) is 0 Å². The van der Waals surface area contributed by atoms with E-state index in [9.17, 15) is 4.79 Å². The molecule has 0 saturated carbocycles. The van der Waals surface area contributed by atoms with Crippen molar-refractivity contribution in [2.45, 2.75) is 6.54 Å². The zero-order chi connectivity index (χ0) is 17.6. The van der Waals surface area contributed by atoms with E-state index in [-0.39, 0.29) is 11.6 Å². The third kappa shape index (κ3) is 4.27. The Morgan fingerprint density at radius 1 is 1.16 bits per heavy atom. The monoisotopic (exact) mass is 402 g/mol. The predicted molar refractivity (Wildman–Crippen MR) is 97.7 cm³/mol. The fourth-order valence-corrected chi connectivity index (χ4v) is 2.27. The number of furan rings is 1. The Kier molecular flexibility index (Phi) is 5.14. The lowest BCUT2D eigenvalue weighted by Crippen LogP contribution is -2.30. The number of benzene rings is 1. The summed E-state index contributed by atoms with van der Waals surface area (Å²) in [4.78, 5) is 20.2. The molecule has 9 heteroatoms. The summed E-state index contributed by atoms with van der Waals surface area (Å²) >= 11 is 3.32. The minimum absolute atomic E-state index is 0.283. The highest BCUT2D eigenvalue weighted by Crippen LogP contribution is 2.22. The first kappa shape index (κ1) is 16.8. The van der Waals surface area contributed by atoms with Gasteiger partial charge in [-0.2, -0.15) is 0 Å². The van der Waals surface area contributed by atoms with Crippen LogP contribution in [0.15, 0.2) is 57.9 Å². The number of hydrogen-bond acceptors (Lipinski definition) is 7. The predicted octanol–water partition coefficient (Wildman–Crippen LogP) is 2.78. The molecule has 3 rings (SSSR count). The molecule has 0 aliphatic rings. The Morgan fingerprint density at radius 3 is 2.64 bits per heavy atom. The van der Waals surface area contributed by atoms with E-state index >= 15 is 0 Å². The molecule has 1 amide bonds. The second-order valence-corrected chi connectivity index (χ2v) is 5.92. The van der Waals surface area contributed by atoms with Crippen LogP contribution in [0.25, 0.3) is 0 Å². The van der Waals surface area contributed by atoms with E-state index < -0.39 is 0 Å². The minimum Gasteiger partial charge on any atom is -0.467 e. The Bertz CT molecular complexity index is 852. The maximum atomic E-state index is 12.1. The molecule has 128 valence electrons. The molecule has 0 aliphatic heterocycles. The van der Waals surface area contributed by atoms with Gasteiger partial charge in [0.2, 0.25) is 0 Å². The number of halogens is 1. The average Bonchev–Trinajstić information content (AvgIpc) is 3.14. The Morgan fingerprint density at radius 2 is 1.92 bits per heavy atom. The van der Waals surface area contributed by atoms with Crippen LogP contribution in [0.1, 0.15) is 16.1 Å². The van der Waals surface area contributed by atoms with Gasteiger partial charge in [0.25, 0.3) is 5.91 Å². The van der Waals surface area contributed by atoms with Gasteiger partial charge in [0, 0.05) is 10.0 Å². The van der Waals surface area contributed by atoms with E-state index in [2.05, 4.69) is 42.1 Å². The summed E-state index contributed by atoms with van der Waals surface area (Å²) in [7, 11) is 0. The van der Waals surface area contributed by atoms with Crippen LogP contribution >= 0.6 is 15.9 Å². The van der Waals surface area contributed by atoms with Gasteiger partial charge in [0.15, 0.2) is 11.6 Å². The van der Waals surface area contributed by atoms with Crippen molar-refractivity contribution in [3.05, 3.63) is 64.8 Å². The topological polar surface area (TPSA) is 118 Å². The smallest absolute Gasteiger partial charge is 0.269 e. The molecule has 0 unspecified atom stereocenters. The molecule has 8 nitrogen and oxygen atoms in total. The molecule has 0 atom stereocenters. The van der Waals surface area contributed by atoms with Crippen LogP contribution in [0.4, 0.5) is 17.3 Å². The van der Waals surface area contributed by atoms with E-state index in [1.807, 2.05) is 6.07 Å². The number of rotatable bonds is 6. The molecule has 3 aromatic rings. The first-order valence-corrected chi connectivity index (χ1v) is 8.11. The lowest BCUT2D eigenvalue weighted by molar-refractivity contribution is 0.0962. The average molecular weight is 403 g/mol. The molecule has 0 aliphatic carbocycles. The molecule has 5 N–H and O–H groups in total. The van der Waals surface area contributed by atoms with Gasteiger partial charge in [-0.05, 0) is 36.4 Å². The maximum absolute atomic E-state index is 12.1. The molecule has 0 fully saturated rings. The number of anilines is 3. The third-order valence-electron chi connectivity index (χ3n) is 3.29. The number of carbonyl (C=O) groups is 1.